The molecule has 8 rings (SSSR count). The summed E-state index contributed by atoms with van der Waals surface area (Å²) in [4.78, 5) is 18.0. The molecule has 4 aromatic carbocycles. The Kier molecular flexibility index (Phi) is 11.2. The first-order valence-electron chi connectivity index (χ1n) is 17.1. The Balaban J connectivity index is 0.000000279. The Hall–Kier alpha value is -5.61. The topological polar surface area (TPSA) is 51.6 Å². The van der Waals surface area contributed by atoms with Gasteiger partial charge in [-0.2, -0.15) is 0 Å². The number of fused-ring (bicyclic) bond motifs is 1. The quantitative estimate of drug-likeness (QED) is 0.162. The Labute approximate surface area is 320 Å². The fourth-order valence-electron chi connectivity index (χ4n) is 6.13. The summed E-state index contributed by atoms with van der Waals surface area (Å²) in [5.41, 5.74) is 13.2. The molecule has 0 saturated heterocycles. The van der Waals surface area contributed by atoms with E-state index in [0.717, 1.165) is 66.7 Å². The number of aromatic nitrogens is 4. The van der Waals surface area contributed by atoms with Crippen molar-refractivity contribution in [3.05, 3.63) is 182 Å². The zero-order valence-corrected chi connectivity index (χ0v) is 32.0. The third kappa shape index (κ3) is 8.29. The van der Waals surface area contributed by atoms with E-state index in [9.17, 15) is 0 Å². The van der Waals surface area contributed by atoms with Crippen molar-refractivity contribution in [1.82, 2.24) is 19.9 Å². The van der Waals surface area contributed by atoms with Crippen LogP contribution in [0, 0.1) is 19.1 Å². The molecule has 0 aliphatic rings. The molecule has 5 heteroatoms. The van der Waals surface area contributed by atoms with E-state index in [1.165, 1.54) is 11.1 Å². The molecule has 4 heterocycles. The largest absolute Gasteiger partial charge is 0.305 e. The van der Waals surface area contributed by atoms with Crippen molar-refractivity contribution in [1.29, 1.82) is 0 Å². The molecule has 1 radical (unpaired) electrons. The maximum Gasteiger partial charge on any atom is 0.0352 e. The Morgan fingerprint density at radius 1 is 0.500 bits per heavy atom. The molecule has 0 atom stereocenters. The van der Waals surface area contributed by atoms with Gasteiger partial charge in [0, 0.05) is 73.8 Å². The molecule has 0 aliphatic carbocycles. The minimum absolute atomic E-state index is 0. The average molecular weight is 851 g/mol. The Morgan fingerprint density at radius 2 is 1.21 bits per heavy atom. The van der Waals surface area contributed by atoms with Gasteiger partial charge in [0.05, 0.1) is 0 Å². The molecule has 4 nitrogen and oxygen atoms in total. The van der Waals surface area contributed by atoms with Gasteiger partial charge in [0.2, 0.25) is 0 Å². The van der Waals surface area contributed by atoms with Gasteiger partial charge in [-0.1, -0.05) is 80.9 Å². The second-order valence-electron chi connectivity index (χ2n) is 13.6. The Morgan fingerprint density at radius 3 is 1.96 bits per heavy atom. The van der Waals surface area contributed by atoms with E-state index in [-0.39, 0.29) is 25.5 Å². The van der Waals surface area contributed by atoms with Crippen LogP contribution in [0.4, 0.5) is 0 Å². The van der Waals surface area contributed by atoms with Crippen molar-refractivity contribution < 1.29 is 20.1 Å². The van der Waals surface area contributed by atoms with Crippen molar-refractivity contribution in [2.24, 2.45) is 0 Å². The number of rotatable bonds is 5. The van der Waals surface area contributed by atoms with Crippen LogP contribution in [-0.4, -0.2) is 19.9 Å². The summed E-state index contributed by atoms with van der Waals surface area (Å²) in [6, 6.07) is 48.1. The number of aryl methyl sites for hydroxylation is 1. The average Bonchev–Trinajstić information content (AvgIpc) is 3.18. The molecular formula is C47H38IrN4-2. The van der Waals surface area contributed by atoms with Crippen molar-refractivity contribution >= 4 is 10.8 Å². The van der Waals surface area contributed by atoms with E-state index in [1.807, 2.05) is 79.6 Å². The van der Waals surface area contributed by atoms with E-state index in [1.54, 1.807) is 0 Å². The first-order chi connectivity index (χ1) is 24.8. The van der Waals surface area contributed by atoms with Crippen LogP contribution in [0.15, 0.2) is 159 Å². The van der Waals surface area contributed by atoms with E-state index in [0.29, 0.717) is 0 Å². The first kappa shape index (κ1) is 36.2. The van der Waals surface area contributed by atoms with Gasteiger partial charge in [-0.05, 0) is 75.6 Å². The zero-order chi connectivity index (χ0) is 35.2. The van der Waals surface area contributed by atoms with Crippen LogP contribution in [0.1, 0.15) is 31.9 Å². The number of hydrogen-bond acceptors (Lipinski definition) is 4. The van der Waals surface area contributed by atoms with Crippen LogP contribution in [0.3, 0.4) is 0 Å². The molecule has 0 aliphatic heterocycles. The molecule has 0 fully saturated rings. The molecule has 0 saturated carbocycles. The second-order valence-corrected chi connectivity index (χ2v) is 13.6. The van der Waals surface area contributed by atoms with Gasteiger partial charge < -0.3 is 9.97 Å². The first-order valence-corrected chi connectivity index (χ1v) is 17.1. The molecule has 257 valence electrons. The smallest absolute Gasteiger partial charge is 0.0352 e. The fraction of sp³-hybridized carbons (Fsp3) is 0.106. The third-order valence-electron chi connectivity index (χ3n) is 8.89. The van der Waals surface area contributed by atoms with Gasteiger partial charge >= 0.3 is 0 Å². The summed E-state index contributed by atoms with van der Waals surface area (Å²) >= 11 is 0. The Bertz CT molecular complexity index is 2420. The van der Waals surface area contributed by atoms with Gasteiger partial charge in [0.1, 0.15) is 0 Å². The van der Waals surface area contributed by atoms with Crippen molar-refractivity contribution in [2.75, 3.05) is 0 Å². The van der Waals surface area contributed by atoms with E-state index in [2.05, 4.69) is 139 Å². The molecule has 0 spiro atoms. The number of benzene rings is 4. The molecule has 0 unspecified atom stereocenters. The molecule has 8 aromatic rings. The van der Waals surface area contributed by atoms with Crippen LogP contribution in [0.5, 0.6) is 0 Å². The molecule has 0 bridgehead atoms. The predicted octanol–water partition coefficient (Wildman–Crippen LogP) is 11.6. The minimum Gasteiger partial charge on any atom is -0.305 e. The minimum atomic E-state index is 0. The van der Waals surface area contributed by atoms with Crippen molar-refractivity contribution in [2.45, 2.75) is 33.1 Å². The normalized spacial score (nSPS) is 10.9. The third-order valence-corrected chi connectivity index (χ3v) is 8.89. The van der Waals surface area contributed by atoms with Crippen LogP contribution in [-0.2, 0) is 25.5 Å². The number of nitrogens with zero attached hydrogens (tertiary/aromatic N) is 4. The summed E-state index contributed by atoms with van der Waals surface area (Å²) < 4.78 is 0. The van der Waals surface area contributed by atoms with Crippen molar-refractivity contribution in [3.8, 4) is 55.9 Å². The van der Waals surface area contributed by atoms with Crippen LogP contribution >= 0.6 is 0 Å². The van der Waals surface area contributed by atoms with E-state index < -0.39 is 0 Å². The van der Waals surface area contributed by atoms with E-state index in [4.69, 9.17) is 0 Å². The molecule has 0 N–H and O–H groups in total. The van der Waals surface area contributed by atoms with Crippen LogP contribution in [0.2, 0.25) is 0 Å². The maximum absolute atomic E-state index is 4.66. The van der Waals surface area contributed by atoms with Gasteiger partial charge in [0.25, 0.3) is 0 Å². The second kappa shape index (κ2) is 16.2. The van der Waals surface area contributed by atoms with Crippen LogP contribution in [0.25, 0.3) is 66.7 Å². The van der Waals surface area contributed by atoms with Gasteiger partial charge in [0.15, 0.2) is 0 Å². The summed E-state index contributed by atoms with van der Waals surface area (Å²) in [6.07, 6.45) is 11.4. The van der Waals surface area contributed by atoms with Crippen LogP contribution < -0.4 is 0 Å². The molecular weight excluding hydrogens is 813 g/mol. The summed E-state index contributed by atoms with van der Waals surface area (Å²) in [7, 11) is 0. The van der Waals surface area contributed by atoms with Gasteiger partial charge in [-0.15, -0.1) is 71.3 Å². The van der Waals surface area contributed by atoms with E-state index >= 15 is 0 Å². The van der Waals surface area contributed by atoms with Gasteiger partial charge in [-0.25, -0.2) is 0 Å². The van der Waals surface area contributed by atoms with Crippen molar-refractivity contribution in [3.63, 3.8) is 0 Å². The summed E-state index contributed by atoms with van der Waals surface area (Å²) in [5.74, 6) is 0. The summed E-state index contributed by atoms with van der Waals surface area (Å²) in [6.45, 7) is 8.73. The number of pyridine rings is 4. The predicted molar refractivity (Wildman–Crippen MR) is 210 cm³/mol. The number of hydrogen-bond donors (Lipinski definition) is 0. The molecule has 0 amide bonds. The summed E-state index contributed by atoms with van der Waals surface area (Å²) in [5, 5.41) is 2.25. The standard InChI is InChI=1S/C35H28N3.C12H10N.Ir/c1-35(2,3)29-14-17-38-34(20-29)26-11-7-10-25(18-26)30-12-13-31(33-23-36-16-15-32(30)33)28-19-27(21-37-22-28)24-8-5-4-6-9-24;1-10-7-8-13-12(9-10)11-5-3-2-4-6-11;/h4-10,12-23H,1-3H3;2-5,7-9H,1H3;/q2*-1;. The zero-order valence-electron chi connectivity index (χ0n) is 29.6. The fourth-order valence-corrected chi connectivity index (χ4v) is 6.13. The SMILES string of the molecule is CC(C)(C)c1ccnc(-c2[c-]ccc(-c3ccc(-c4cncc(-c5ccccc5)c4)c4cnccc34)c2)c1.Cc1ccnc(-c2[c-]cccc2)c1.[Ir]. The van der Waals surface area contributed by atoms with Gasteiger partial charge in [-0.3, -0.25) is 9.97 Å². The molecule has 52 heavy (non-hydrogen) atoms. The monoisotopic (exact) mass is 851 g/mol. The maximum atomic E-state index is 4.66. The molecule has 4 aromatic heterocycles.